The summed E-state index contributed by atoms with van der Waals surface area (Å²) in [7, 11) is 1.38. The van der Waals surface area contributed by atoms with Gasteiger partial charge >= 0.3 is 6.18 Å². The zero-order valence-corrected chi connectivity index (χ0v) is 23.7. The second-order valence-corrected chi connectivity index (χ2v) is 10.9. The van der Waals surface area contributed by atoms with Crippen LogP contribution < -0.4 is 11.1 Å². The van der Waals surface area contributed by atoms with Gasteiger partial charge in [0.25, 0.3) is 11.8 Å². The van der Waals surface area contributed by atoms with Crippen LogP contribution in [0.15, 0.2) is 30.6 Å². The number of piperazine rings is 1. The molecule has 0 unspecified atom stereocenters. The third-order valence-corrected chi connectivity index (χ3v) is 7.90. The standard InChI is InChI=1S/C27H27ClF3N9O3/c1-37-21(19-14-40(5-4-32)36-22(19)27(29,30)31)13-34-23(37)24(41)35-17-2-3-18(20(28)12-17)26(43)39-8-6-38(7-9-39)25(42)15-10-16(33)11-15/h2-3,12-16H,5-11,33H2,1H3,(H,35,41)/t15-,16+. The lowest BCUT2D eigenvalue weighted by Gasteiger charge is -2.40. The Morgan fingerprint density at radius 2 is 1.84 bits per heavy atom. The quantitative estimate of drug-likeness (QED) is 0.431. The van der Waals surface area contributed by atoms with Crippen LogP contribution in [0.1, 0.15) is 39.5 Å². The predicted molar refractivity (Wildman–Crippen MR) is 148 cm³/mol. The number of halogens is 4. The molecule has 1 saturated heterocycles. The van der Waals surface area contributed by atoms with E-state index < -0.39 is 17.8 Å². The van der Waals surface area contributed by atoms with Crippen LogP contribution in [0.3, 0.4) is 0 Å². The lowest BCUT2D eigenvalue weighted by atomic mass is 9.80. The molecule has 2 aromatic heterocycles. The Kier molecular flexibility index (Phi) is 8.17. The molecule has 3 heterocycles. The number of nitrogens with zero attached hydrogens (tertiary/aromatic N) is 7. The fraction of sp³-hybridized carbons (Fsp3) is 0.407. The minimum atomic E-state index is -4.80. The lowest BCUT2D eigenvalue weighted by molar-refractivity contribution is -0.141. The summed E-state index contributed by atoms with van der Waals surface area (Å²) in [5, 5.41) is 15.0. The van der Waals surface area contributed by atoms with Gasteiger partial charge in [0.15, 0.2) is 11.5 Å². The fourth-order valence-electron chi connectivity index (χ4n) is 5.22. The van der Waals surface area contributed by atoms with Crippen molar-refractivity contribution in [2.45, 2.75) is 31.6 Å². The van der Waals surface area contributed by atoms with E-state index in [0.29, 0.717) is 39.0 Å². The number of alkyl halides is 3. The maximum absolute atomic E-state index is 13.6. The van der Waals surface area contributed by atoms with Crippen molar-refractivity contribution in [3.05, 3.63) is 52.7 Å². The van der Waals surface area contributed by atoms with Gasteiger partial charge in [-0.25, -0.2) is 4.98 Å². The van der Waals surface area contributed by atoms with Gasteiger partial charge in [0.2, 0.25) is 5.91 Å². The van der Waals surface area contributed by atoms with Crippen LogP contribution in [-0.2, 0) is 24.6 Å². The van der Waals surface area contributed by atoms with E-state index in [2.05, 4.69) is 15.4 Å². The Labute approximate surface area is 248 Å². The zero-order valence-electron chi connectivity index (χ0n) is 22.9. The summed E-state index contributed by atoms with van der Waals surface area (Å²) in [4.78, 5) is 46.1. The molecule has 12 nitrogen and oxygen atoms in total. The van der Waals surface area contributed by atoms with Gasteiger partial charge in [-0.3, -0.25) is 19.1 Å². The largest absolute Gasteiger partial charge is 0.435 e. The van der Waals surface area contributed by atoms with Gasteiger partial charge in [0.05, 0.1) is 34.1 Å². The third kappa shape index (κ3) is 6.06. The van der Waals surface area contributed by atoms with Gasteiger partial charge in [-0.1, -0.05) is 11.6 Å². The molecule has 43 heavy (non-hydrogen) atoms. The molecule has 1 aliphatic carbocycles. The second-order valence-electron chi connectivity index (χ2n) is 10.5. The number of nitrogens with one attached hydrogen (secondary N) is 1. The normalized spacial score (nSPS) is 18.6. The molecule has 0 bridgehead atoms. The van der Waals surface area contributed by atoms with Crippen LogP contribution in [0.4, 0.5) is 18.9 Å². The van der Waals surface area contributed by atoms with Crippen molar-refractivity contribution in [1.29, 1.82) is 5.26 Å². The summed E-state index contributed by atoms with van der Waals surface area (Å²) >= 11 is 6.40. The van der Waals surface area contributed by atoms with Crippen molar-refractivity contribution in [3.8, 4) is 17.3 Å². The molecule has 5 rings (SSSR count). The van der Waals surface area contributed by atoms with Crippen LogP contribution >= 0.6 is 11.6 Å². The van der Waals surface area contributed by atoms with Gasteiger partial charge < -0.3 is 25.4 Å². The molecule has 3 amide bonds. The number of hydrogen-bond acceptors (Lipinski definition) is 7. The Morgan fingerprint density at radius 1 is 1.16 bits per heavy atom. The molecule has 2 aliphatic rings. The number of benzene rings is 1. The van der Waals surface area contributed by atoms with Gasteiger partial charge in [-0.2, -0.15) is 23.5 Å². The number of nitrogens with two attached hydrogens (primary N) is 1. The van der Waals surface area contributed by atoms with Gasteiger partial charge in [-0.15, -0.1) is 0 Å². The highest BCUT2D eigenvalue weighted by molar-refractivity contribution is 6.34. The van der Waals surface area contributed by atoms with Crippen LogP contribution in [-0.4, -0.2) is 79.1 Å². The first-order chi connectivity index (χ1) is 20.4. The molecule has 226 valence electrons. The third-order valence-electron chi connectivity index (χ3n) is 7.59. The van der Waals surface area contributed by atoms with Crippen molar-refractivity contribution in [2.75, 3.05) is 31.5 Å². The van der Waals surface area contributed by atoms with E-state index in [1.54, 1.807) is 15.9 Å². The summed E-state index contributed by atoms with van der Waals surface area (Å²) in [6, 6.07) is 6.15. The molecule has 0 spiro atoms. The Balaban J connectivity index is 1.25. The molecule has 16 heteroatoms. The van der Waals surface area contributed by atoms with E-state index in [9.17, 15) is 27.6 Å². The maximum Gasteiger partial charge on any atom is 0.435 e. The lowest BCUT2D eigenvalue weighted by Crippen LogP contribution is -2.54. The highest BCUT2D eigenvalue weighted by Gasteiger charge is 2.39. The van der Waals surface area contributed by atoms with E-state index in [1.807, 2.05) is 0 Å². The van der Waals surface area contributed by atoms with Crippen LogP contribution in [0.5, 0.6) is 0 Å². The highest BCUT2D eigenvalue weighted by atomic mass is 35.5. The first-order valence-corrected chi connectivity index (χ1v) is 13.7. The smallest absolute Gasteiger partial charge is 0.339 e. The van der Waals surface area contributed by atoms with E-state index in [4.69, 9.17) is 22.6 Å². The van der Waals surface area contributed by atoms with Crippen LogP contribution in [0, 0.1) is 17.2 Å². The minimum absolute atomic E-state index is 0.0290. The minimum Gasteiger partial charge on any atom is -0.339 e. The van der Waals surface area contributed by atoms with Crippen molar-refractivity contribution >= 4 is 35.0 Å². The van der Waals surface area contributed by atoms with Crippen molar-refractivity contribution in [3.63, 3.8) is 0 Å². The molecule has 1 aromatic carbocycles. The Bertz CT molecular complexity index is 1610. The summed E-state index contributed by atoms with van der Waals surface area (Å²) in [6.45, 7) is 1.14. The van der Waals surface area contributed by atoms with E-state index >= 15 is 0 Å². The van der Waals surface area contributed by atoms with Crippen molar-refractivity contribution in [1.82, 2.24) is 29.1 Å². The number of nitriles is 1. The first kappa shape index (κ1) is 30.1. The molecule has 0 radical (unpaired) electrons. The molecular weight excluding hydrogens is 591 g/mol. The monoisotopic (exact) mass is 617 g/mol. The average molecular weight is 618 g/mol. The summed E-state index contributed by atoms with van der Waals surface area (Å²) in [5.41, 5.74) is 4.68. The van der Waals surface area contributed by atoms with Crippen LogP contribution in [0.2, 0.25) is 5.02 Å². The number of carbonyl (C=O) groups excluding carboxylic acids is 3. The molecule has 0 atom stereocenters. The Hall–Kier alpha value is -4.42. The number of carbonyl (C=O) groups is 3. The molecule has 2 fully saturated rings. The molecule has 1 aliphatic heterocycles. The number of amides is 3. The number of hydrogen-bond donors (Lipinski definition) is 2. The van der Waals surface area contributed by atoms with Crippen molar-refractivity contribution < 1.29 is 27.6 Å². The highest BCUT2D eigenvalue weighted by Crippen LogP contribution is 2.36. The first-order valence-electron chi connectivity index (χ1n) is 13.4. The van der Waals surface area contributed by atoms with Gasteiger partial charge in [0, 0.05) is 57.1 Å². The molecule has 3 aromatic rings. The van der Waals surface area contributed by atoms with E-state index in [1.165, 1.54) is 29.8 Å². The predicted octanol–water partition coefficient (Wildman–Crippen LogP) is 2.75. The second kappa shape index (κ2) is 11.7. The fourth-order valence-corrected chi connectivity index (χ4v) is 5.48. The number of aromatic nitrogens is 4. The summed E-state index contributed by atoms with van der Waals surface area (Å²) in [5.74, 6) is -1.20. The van der Waals surface area contributed by atoms with Crippen LogP contribution in [0.25, 0.3) is 11.3 Å². The van der Waals surface area contributed by atoms with Gasteiger partial charge in [0.1, 0.15) is 6.54 Å². The molecular formula is C27H27ClF3N9O3. The molecule has 3 N–H and O–H groups in total. The number of imidazole rings is 1. The van der Waals surface area contributed by atoms with Crippen molar-refractivity contribution in [2.24, 2.45) is 18.7 Å². The van der Waals surface area contributed by atoms with E-state index in [-0.39, 0.29) is 63.7 Å². The van der Waals surface area contributed by atoms with Gasteiger partial charge in [-0.05, 0) is 31.0 Å². The summed E-state index contributed by atoms with van der Waals surface area (Å²) in [6.07, 6.45) is -1.24. The SMILES string of the molecule is Cn1c(-c2cn(CC#N)nc2C(F)(F)F)cnc1C(=O)Nc1ccc(C(=O)N2CCN(C(=O)[C@H]3C[C@@H](N)C3)CC2)c(Cl)c1. The Morgan fingerprint density at radius 3 is 2.44 bits per heavy atom. The summed E-state index contributed by atoms with van der Waals surface area (Å²) < 4.78 is 42.8. The zero-order chi connectivity index (χ0) is 31.1. The molecule has 1 saturated carbocycles. The average Bonchev–Trinajstić information content (AvgIpc) is 3.54. The number of anilines is 1. The van der Waals surface area contributed by atoms with E-state index in [0.717, 1.165) is 17.1 Å². The topological polar surface area (TPSA) is 155 Å². The number of rotatable bonds is 6. The maximum atomic E-state index is 13.6.